The van der Waals surface area contributed by atoms with Crippen LogP contribution in [0.3, 0.4) is 0 Å². The minimum absolute atomic E-state index is 0.222. The van der Waals surface area contributed by atoms with E-state index in [4.69, 9.17) is 0 Å². The second-order valence-electron chi connectivity index (χ2n) is 5.34. The summed E-state index contributed by atoms with van der Waals surface area (Å²) in [4.78, 5) is 13.5. The van der Waals surface area contributed by atoms with Crippen LogP contribution in [0.4, 0.5) is 0 Å². The Balaban J connectivity index is 3.32. The van der Waals surface area contributed by atoms with E-state index in [-0.39, 0.29) is 5.91 Å². The van der Waals surface area contributed by atoms with Crippen LogP contribution >= 0.6 is 0 Å². The second-order valence-corrected chi connectivity index (χ2v) is 5.34. The van der Waals surface area contributed by atoms with Crippen LogP contribution in [0.1, 0.15) is 59.8 Å². The van der Waals surface area contributed by atoms with Crippen molar-refractivity contribution < 1.29 is 4.79 Å². The van der Waals surface area contributed by atoms with E-state index in [9.17, 15) is 4.79 Å². The first-order valence-corrected chi connectivity index (χ1v) is 7.60. The number of hydrogen-bond donors (Lipinski definition) is 1. The van der Waals surface area contributed by atoms with E-state index >= 15 is 0 Å². The molecule has 0 aliphatic rings. The van der Waals surface area contributed by atoms with Crippen LogP contribution in [-0.2, 0) is 4.79 Å². The summed E-state index contributed by atoms with van der Waals surface area (Å²) >= 11 is 0. The molecule has 0 aromatic carbocycles. The van der Waals surface area contributed by atoms with Gasteiger partial charge in [0.25, 0.3) is 0 Å². The molecule has 0 aliphatic carbocycles. The van der Waals surface area contributed by atoms with Crippen molar-refractivity contribution in [1.29, 1.82) is 0 Å². The molecule has 1 N–H and O–H groups in total. The Morgan fingerprint density at radius 3 is 2.22 bits per heavy atom. The van der Waals surface area contributed by atoms with Gasteiger partial charge in [-0.25, -0.2) is 0 Å². The zero-order valence-corrected chi connectivity index (χ0v) is 12.8. The maximum absolute atomic E-state index is 11.7. The molecule has 0 fully saturated rings. The van der Waals surface area contributed by atoms with Gasteiger partial charge in [0.05, 0.1) is 6.54 Å². The molecule has 3 heteroatoms. The van der Waals surface area contributed by atoms with Gasteiger partial charge in [-0.2, -0.15) is 0 Å². The molecule has 3 nitrogen and oxygen atoms in total. The van der Waals surface area contributed by atoms with E-state index in [0.717, 1.165) is 25.6 Å². The number of likely N-dealkylation sites (N-methyl/N-ethyl adjacent to an activating group) is 1. The fourth-order valence-corrected chi connectivity index (χ4v) is 2.04. The summed E-state index contributed by atoms with van der Waals surface area (Å²) in [7, 11) is 0. The highest BCUT2D eigenvalue weighted by Crippen LogP contribution is 2.08. The van der Waals surface area contributed by atoms with Crippen LogP contribution in [0.25, 0.3) is 0 Å². The second kappa shape index (κ2) is 11.5. The molecule has 0 unspecified atom stereocenters. The molecule has 0 rings (SSSR count). The predicted molar refractivity (Wildman–Crippen MR) is 78.7 cm³/mol. The van der Waals surface area contributed by atoms with Gasteiger partial charge >= 0.3 is 0 Å². The quantitative estimate of drug-likeness (QED) is 0.576. The van der Waals surface area contributed by atoms with Gasteiger partial charge in [0, 0.05) is 13.1 Å². The highest BCUT2D eigenvalue weighted by molar-refractivity contribution is 5.78. The van der Waals surface area contributed by atoms with Crippen LogP contribution in [0.15, 0.2) is 0 Å². The van der Waals surface area contributed by atoms with Crippen molar-refractivity contribution in [1.82, 2.24) is 10.2 Å². The number of amides is 1. The van der Waals surface area contributed by atoms with Crippen LogP contribution in [-0.4, -0.2) is 37.0 Å². The predicted octanol–water partition coefficient (Wildman–Crippen LogP) is 3.05. The lowest BCUT2D eigenvalue weighted by Gasteiger charge is -2.18. The van der Waals surface area contributed by atoms with Crippen LogP contribution < -0.4 is 5.32 Å². The maximum Gasteiger partial charge on any atom is 0.236 e. The van der Waals surface area contributed by atoms with E-state index in [2.05, 4.69) is 19.2 Å². The third kappa shape index (κ3) is 9.46. The summed E-state index contributed by atoms with van der Waals surface area (Å²) in [5.41, 5.74) is 0. The average Bonchev–Trinajstić information content (AvgIpc) is 2.33. The highest BCUT2D eigenvalue weighted by Gasteiger charge is 2.07. The molecule has 0 aromatic heterocycles. The molecule has 0 atom stereocenters. The monoisotopic (exact) mass is 256 g/mol. The number of rotatable bonds is 11. The number of nitrogens with zero attached hydrogens (tertiary/aromatic N) is 1. The zero-order chi connectivity index (χ0) is 13.8. The van der Waals surface area contributed by atoms with Crippen LogP contribution in [0.2, 0.25) is 0 Å². The number of nitrogens with one attached hydrogen (secondary N) is 1. The lowest BCUT2D eigenvalue weighted by Crippen LogP contribution is -2.38. The highest BCUT2D eigenvalue weighted by atomic mass is 16.2. The van der Waals surface area contributed by atoms with Crippen molar-refractivity contribution >= 4 is 5.91 Å². The van der Waals surface area contributed by atoms with Crippen LogP contribution in [0.5, 0.6) is 0 Å². The van der Waals surface area contributed by atoms with Gasteiger partial charge in [-0.05, 0) is 32.7 Å². The number of hydrogen-bond acceptors (Lipinski definition) is 2. The number of unbranched alkanes of at least 4 members (excludes halogenated alkanes) is 3. The van der Waals surface area contributed by atoms with Crippen LogP contribution in [0, 0.1) is 5.92 Å². The molecule has 0 radical (unpaired) electrons. The average molecular weight is 256 g/mol. The molecule has 1 amide bonds. The Kier molecular flexibility index (Phi) is 11.2. The fourth-order valence-electron chi connectivity index (χ4n) is 2.04. The summed E-state index contributed by atoms with van der Waals surface area (Å²) in [5, 5.41) is 3.24. The molecule has 0 spiro atoms. The summed E-state index contributed by atoms with van der Waals surface area (Å²) in [6, 6.07) is 0. The van der Waals surface area contributed by atoms with E-state index in [1.54, 1.807) is 0 Å². The lowest BCUT2D eigenvalue weighted by atomic mass is 10.0. The first-order chi connectivity index (χ1) is 8.61. The maximum atomic E-state index is 11.7. The van der Waals surface area contributed by atoms with E-state index < -0.39 is 0 Å². The fraction of sp³-hybridized carbons (Fsp3) is 0.933. The smallest absolute Gasteiger partial charge is 0.236 e. The Bertz CT molecular complexity index is 201. The summed E-state index contributed by atoms with van der Waals surface area (Å²) in [6.45, 7) is 11.7. The summed E-state index contributed by atoms with van der Waals surface area (Å²) < 4.78 is 0. The molecule has 18 heavy (non-hydrogen) atoms. The van der Waals surface area contributed by atoms with Crippen molar-refractivity contribution in [2.24, 2.45) is 5.92 Å². The van der Waals surface area contributed by atoms with Crippen molar-refractivity contribution in [2.45, 2.75) is 59.8 Å². The topological polar surface area (TPSA) is 32.3 Å². The standard InChI is InChI=1S/C15H32N2O/c1-5-17(6-2)15(18)13-16-12-10-8-7-9-11-14(3)4/h14,16H,5-13H2,1-4H3. The van der Waals surface area contributed by atoms with Gasteiger partial charge in [0.1, 0.15) is 0 Å². The zero-order valence-electron chi connectivity index (χ0n) is 12.8. The van der Waals surface area contributed by atoms with E-state index in [1.807, 2.05) is 18.7 Å². The Hall–Kier alpha value is -0.570. The van der Waals surface area contributed by atoms with Crippen molar-refractivity contribution in [2.75, 3.05) is 26.2 Å². The Labute approximate surface area is 113 Å². The third-order valence-corrected chi connectivity index (χ3v) is 3.28. The Morgan fingerprint density at radius 1 is 1.06 bits per heavy atom. The minimum atomic E-state index is 0.222. The van der Waals surface area contributed by atoms with Gasteiger partial charge in [-0.1, -0.05) is 39.5 Å². The molecule has 0 heterocycles. The molecule has 0 aromatic rings. The SMILES string of the molecule is CCN(CC)C(=O)CNCCCCCCC(C)C. The van der Waals surface area contributed by atoms with Gasteiger partial charge in [-0.15, -0.1) is 0 Å². The largest absolute Gasteiger partial charge is 0.342 e. The normalized spacial score (nSPS) is 10.9. The first-order valence-electron chi connectivity index (χ1n) is 7.60. The summed E-state index contributed by atoms with van der Waals surface area (Å²) in [5.74, 6) is 1.05. The first kappa shape index (κ1) is 17.4. The van der Waals surface area contributed by atoms with E-state index in [1.165, 1.54) is 32.1 Å². The van der Waals surface area contributed by atoms with Gasteiger partial charge in [0.15, 0.2) is 0 Å². The molecule has 108 valence electrons. The molecular formula is C15H32N2O. The Morgan fingerprint density at radius 2 is 1.67 bits per heavy atom. The van der Waals surface area contributed by atoms with Gasteiger partial charge in [0.2, 0.25) is 5.91 Å². The molecular weight excluding hydrogens is 224 g/mol. The minimum Gasteiger partial charge on any atom is -0.342 e. The summed E-state index contributed by atoms with van der Waals surface area (Å²) in [6.07, 6.45) is 6.47. The van der Waals surface area contributed by atoms with Crippen molar-refractivity contribution in [3.63, 3.8) is 0 Å². The lowest BCUT2D eigenvalue weighted by molar-refractivity contribution is -0.129. The van der Waals surface area contributed by atoms with Crippen molar-refractivity contribution in [3.05, 3.63) is 0 Å². The van der Waals surface area contributed by atoms with Gasteiger partial charge < -0.3 is 10.2 Å². The molecule has 0 saturated heterocycles. The van der Waals surface area contributed by atoms with Gasteiger partial charge in [-0.3, -0.25) is 4.79 Å². The van der Waals surface area contributed by atoms with E-state index in [0.29, 0.717) is 6.54 Å². The third-order valence-electron chi connectivity index (χ3n) is 3.28. The molecule has 0 saturated carbocycles. The molecule has 0 aliphatic heterocycles. The van der Waals surface area contributed by atoms with Crippen molar-refractivity contribution in [3.8, 4) is 0 Å². The number of carbonyl (C=O) groups is 1. The molecule has 0 bridgehead atoms. The number of carbonyl (C=O) groups excluding carboxylic acids is 1.